The van der Waals surface area contributed by atoms with Gasteiger partial charge in [0.25, 0.3) is 0 Å². The van der Waals surface area contributed by atoms with E-state index in [4.69, 9.17) is 24.8 Å². The predicted molar refractivity (Wildman–Crippen MR) is 95.6 cm³/mol. The van der Waals surface area contributed by atoms with Crippen molar-refractivity contribution in [1.29, 1.82) is 0 Å². The van der Waals surface area contributed by atoms with Crippen LogP contribution in [0.4, 0.5) is 11.4 Å². The number of carbonyl (C=O) groups is 1. The number of carbonyl (C=O) groups excluding carboxylic acids is 1. The van der Waals surface area contributed by atoms with Crippen LogP contribution in [0.1, 0.15) is 46.5 Å². The molecular weight excluding hydrogens is 282 g/mol. The summed E-state index contributed by atoms with van der Waals surface area (Å²) < 4.78 is 0. The van der Waals surface area contributed by atoms with Crippen LogP contribution in [0.5, 0.6) is 0 Å². The first kappa shape index (κ1) is 19.7. The summed E-state index contributed by atoms with van der Waals surface area (Å²) in [6.07, 6.45) is 2.77. The van der Waals surface area contributed by atoms with Gasteiger partial charge < -0.3 is 0 Å². The molecule has 0 saturated carbocycles. The Labute approximate surface area is 134 Å². The molecule has 0 aliphatic heterocycles. The molecule has 1 atom stereocenters. The second-order valence-electron chi connectivity index (χ2n) is 4.46. The first-order valence-electron chi connectivity index (χ1n) is 7.46. The number of nitrogens with one attached hydrogen (secondary N) is 1. The van der Waals surface area contributed by atoms with E-state index in [-0.39, 0.29) is 11.8 Å². The normalized spacial score (nSPS) is 11.0. The zero-order chi connectivity index (χ0) is 16.3. The molecular formula is C16H25BClN2O. The number of anilines is 2. The van der Waals surface area contributed by atoms with Crippen molar-refractivity contribution in [1.82, 2.24) is 0 Å². The van der Waals surface area contributed by atoms with E-state index in [9.17, 15) is 4.79 Å². The van der Waals surface area contributed by atoms with Gasteiger partial charge in [-0.25, -0.2) is 0 Å². The van der Waals surface area contributed by atoms with Crippen LogP contribution in [-0.2, 0) is 4.79 Å². The Morgan fingerprint density at radius 2 is 2.14 bits per heavy atom. The van der Waals surface area contributed by atoms with Gasteiger partial charge in [0.15, 0.2) is 0 Å². The molecule has 0 heterocycles. The number of nitrogens with two attached hydrogens (primary N) is 1. The van der Waals surface area contributed by atoms with Crippen LogP contribution in [0.25, 0.3) is 0 Å². The Morgan fingerprint density at radius 1 is 1.48 bits per heavy atom. The van der Waals surface area contributed by atoms with E-state index >= 15 is 0 Å². The average Bonchev–Trinajstić information content (AvgIpc) is 2.49. The quantitative estimate of drug-likeness (QED) is 0.566. The van der Waals surface area contributed by atoms with E-state index in [0.717, 1.165) is 12.1 Å². The number of benzene rings is 1. The van der Waals surface area contributed by atoms with Crippen molar-refractivity contribution in [3.63, 3.8) is 0 Å². The Kier molecular flexibility index (Phi) is 10.7. The van der Waals surface area contributed by atoms with Crippen LogP contribution in [0, 0.1) is 0 Å². The molecule has 5 heteroatoms. The molecule has 0 bridgehead atoms. The topological polar surface area (TPSA) is 55.1 Å². The number of halogens is 1. The van der Waals surface area contributed by atoms with Crippen LogP contribution < -0.4 is 11.1 Å². The monoisotopic (exact) mass is 307 g/mol. The summed E-state index contributed by atoms with van der Waals surface area (Å²) in [6.45, 7) is 5.99. The second kappa shape index (κ2) is 11.4. The van der Waals surface area contributed by atoms with Crippen LogP contribution in [0.15, 0.2) is 18.2 Å². The molecule has 0 amide bonds. The van der Waals surface area contributed by atoms with Gasteiger partial charge in [0.2, 0.25) is 0 Å². The standard InChI is InChI=1S/C14H19BClN2O.C2H6/c1-2-4-14(19)13(5-3-8-15)18-10-6-7-12(17)11(16)9-10;1-2/h6-9,13,18H,2-5,17H2,1H3;1-2H3. The summed E-state index contributed by atoms with van der Waals surface area (Å²) >= 11 is 5.97. The van der Waals surface area contributed by atoms with E-state index in [0.29, 0.717) is 30.0 Å². The van der Waals surface area contributed by atoms with Gasteiger partial charge in [-0.3, -0.25) is 0 Å². The summed E-state index contributed by atoms with van der Waals surface area (Å²) in [7, 11) is 5.39. The number of Topliss-reactive ketones (excluding diaryl/α,β-unsaturated/α-hetero) is 1. The molecule has 0 aliphatic rings. The van der Waals surface area contributed by atoms with Gasteiger partial charge in [-0.05, 0) is 0 Å². The van der Waals surface area contributed by atoms with E-state index < -0.39 is 0 Å². The Hall–Kier alpha value is -1.29. The molecule has 1 aromatic carbocycles. The van der Waals surface area contributed by atoms with Gasteiger partial charge in [-0.2, -0.15) is 0 Å². The molecule has 0 aromatic heterocycles. The summed E-state index contributed by atoms with van der Waals surface area (Å²) in [5.41, 5.74) is 6.98. The van der Waals surface area contributed by atoms with Crippen molar-refractivity contribution >= 4 is 42.2 Å². The Morgan fingerprint density at radius 3 is 2.67 bits per heavy atom. The molecule has 1 radical (unpaired) electrons. The van der Waals surface area contributed by atoms with Crippen molar-refractivity contribution < 1.29 is 4.79 Å². The minimum absolute atomic E-state index is 0.192. The van der Waals surface area contributed by atoms with Gasteiger partial charge in [-0.1, -0.05) is 13.8 Å². The average molecular weight is 308 g/mol. The molecule has 0 aliphatic carbocycles. The fourth-order valence-corrected chi connectivity index (χ4v) is 2.00. The van der Waals surface area contributed by atoms with Crippen LogP contribution in [0.2, 0.25) is 5.02 Å². The van der Waals surface area contributed by atoms with Crippen molar-refractivity contribution in [2.75, 3.05) is 11.1 Å². The summed E-state index contributed by atoms with van der Waals surface area (Å²) in [5, 5.41) is 3.68. The molecule has 1 unspecified atom stereocenters. The SMILES string of the molecule is CC.[B]=CCCC(Nc1ccc(N)c(Cl)c1)C(=O)CCC. The number of hydrogen-bond donors (Lipinski definition) is 2. The number of nitrogen functional groups attached to an aromatic ring is 1. The number of ketones is 1. The maximum atomic E-state index is 12.0. The first-order valence-corrected chi connectivity index (χ1v) is 7.84. The van der Waals surface area contributed by atoms with E-state index in [2.05, 4.69) is 5.32 Å². The third kappa shape index (κ3) is 7.33. The van der Waals surface area contributed by atoms with Gasteiger partial charge >= 0.3 is 120 Å². The van der Waals surface area contributed by atoms with Crippen molar-refractivity contribution in [3.05, 3.63) is 23.2 Å². The summed E-state index contributed by atoms with van der Waals surface area (Å²) in [5.74, 6) is 1.77. The zero-order valence-electron chi connectivity index (χ0n) is 13.2. The molecule has 1 rings (SSSR count). The molecule has 3 N–H and O–H groups in total. The summed E-state index contributed by atoms with van der Waals surface area (Å²) in [6, 6.07) is 5.04. The van der Waals surface area contributed by atoms with Gasteiger partial charge in [-0.15, -0.1) is 0 Å². The zero-order valence-corrected chi connectivity index (χ0v) is 13.9. The first-order chi connectivity index (χ1) is 10.1. The van der Waals surface area contributed by atoms with Crippen LogP contribution >= 0.6 is 11.6 Å². The fourth-order valence-electron chi connectivity index (χ4n) is 1.82. The molecule has 0 saturated heterocycles. The molecule has 1 aromatic rings. The Balaban J connectivity index is 0.00000191. The fraction of sp³-hybridized carbons (Fsp3) is 0.500. The second-order valence-corrected chi connectivity index (χ2v) is 4.87. The maximum absolute atomic E-state index is 12.0. The van der Waals surface area contributed by atoms with E-state index in [1.165, 1.54) is 0 Å². The van der Waals surface area contributed by atoms with Crippen molar-refractivity contribution in [2.45, 2.75) is 52.5 Å². The van der Waals surface area contributed by atoms with Crippen molar-refractivity contribution in [3.8, 4) is 0 Å². The minimum atomic E-state index is -0.237. The van der Waals surface area contributed by atoms with Crippen LogP contribution in [-0.4, -0.2) is 25.3 Å². The number of rotatable bonds is 8. The van der Waals surface area contributed by atoms with Crippen molar-refractivity contribution in [2.24, 2.45) is 0 Å². The molecule has 0 spiro atoms. The Bertz CT molecular complexity index is 452. The van der Waals surface area contributed by atoms with Gasteiger partial charge in [0, 0.05) is 0 Å². The number of hydrogen-bond acceptors (Lipinski definition) is 3. The molecule has 21 heavy (non-hydrogen) atoms. The third-order valence-corrected chi connectivity index (χ3v) is 3.18. The third-order valence-electron chi connectivity index (χ3n) is 2.85. The van der Waals surface area contributed by atoms with E-state index in [1.807, 2.05) is 26.8 Å². The van der Waals surface area contributed by atoms with Gasteiger partial charge in [0.1, 0.15) is 0 Å². The van der Waals surface area contributed by atoms with E-state index in [1.54, 1.807) is 18.1 Å². The van der Waals surface area contributed by atoms with Gasteiger partial charge in [0.05, 0.1) is 0 Å². The molecule has 115 valence electrons. The predicted octanol–water partition coefficient (Wildman–Crippen LogP) is 3.85. The molecule has 0 fully saturated rings. The van der Waals surface area contributed by atoms with Crippen LogP contribution in [0.3, 0.4) is 0 Å². The summed E-state index contributed by atoms with van der Waals surface area (Å²) in [4.78, 5) is 12.0. The molecule has 3 nitrogen and oxygen atoms in total.